The van der Waals surface area contributed by atoms with Crippen LogP contribution in [0.3, 0.4) is 0 Å². The number of hydrogen-bond acceptors (Lipinski definition) is 3. The van der Waals surface area contributed by atoms with Gasteiger partial charge in [-0.05, 0) is 57.5 Å². The summed E-state index contributed by atoms with van der Waals surface area (Å²) in [4.78, 5) is 0. The summed E-state index contributed by atoms with van der Waals surface area (Å²) >= 11 is 0. The molecule has 0 aromatic heterocycles. The minimum absolute atomic E-state index is 0.530. The summed E-state index contributed by atoms with van der Waals surface area (Å²) in [6.45, 7) is 8.89. The molecule has 1 heterocycles. The Balaban J connectivity index is 1.70. The zero-order valence-electron chi connectivity index (χ0n) is 12.1. The first-order valence-electron chi connectivity index (χ1n) is 7.84. The number of hydrogen-bond donors (Lipinski definition) is 2. The lowest BCUT2D eigenvalue weighted by molar-refractivity contribution is -0.0134. The van der Waals surface area contributed by atoms with Gasteiger partial charge in [0.1, 0.15) is 0 Å². The highest BCUT2D eigenvalue weighted by Crippen LogP contribution is 2.34. The molecule has 2 aliphatic rings. The molecule has 3 heteroatoms. The van der Waals surface area contributed by atoms with Crippen molar-refractivity contribution in [1.29, 1.82) is 0 Å². The van der Waals surface area contributed by atoms with Gasteiger partial charge in [0.25, 0.3) is 0 Å². The maximum atomic E-state index is 5.62. The molecule has 2 rings (SSSR count). The molecule has 0 atom stereocenters. The summed E-state index contributed by atoms with van der Waals surface area (Å²) in [5, 5.41) is 7.28. The van der Waals surface area contributed by atoms with Crippen LogP contribution in [-0.4, -0.2) is 38.4 Å². The average Bonchev–Trinajstić information content (AvgIpc) is 2.33. The SMILES string of the molecule is CCCC1(CNC2CC(OCC)C2)CCNCC1. The van der Waals surface area contributed by atoms with Crippen LogP contribution in [0, 0.1) is 5.41 Å². The van der Waals surface area contributed by atoms with Crippen LogP contribution in [-0.2, 0) is 4.74 Å². The van der Waals surface area contributed by atoms with Crippen molar-refractivity contribution in [2.75, 3.05) is 26.2 Å². The van der Waals surface area contributed by atoms with Crippen molar-refractivity contribution in [2.45, 2.75) is 64.5 Å². The van der Waals surface area contributed by atoms with E-state index in [1.54, 1.807) is 0 Å². The van der Waals surface area contributed by atoms with E-state index in [1.807, 2.05) is 0 Å². The van der Waals surface area contributed by atoms with Gasteiger partial charge in [-0.15, -0.1) is 0 Å². The molecule has 0 bridgehead atoms. The maximum Gasteiger partial charge on any atom is 0.0604 e. The lowest BCUT2D eigenvalue weighted by atomic mass is 9.74. The number of piperidine rings is 1. The molecule has 1 saturated carbocycles. The monoisotopic (exact) mass is 254 g/mol. The van der Waals surface area contributed by atoms with E-state index in [0.29, 0.717) is 17.6 Å². The predicted molar refractivity (Wildman–Crippen MR) is 75.9 cm³/mol. The Kier molecular flexibility index (Phi) is 5.46. The lowest BCUT2D eigenvalue weighted by Crippen LogP contribution is -2.51. The number of nitrogens with one attached hydrogen (secondary N) is 2. The molecule has 0 aromatic rings. The molecule has 1 aliphatic carbocycles. The van der Waals surface area contributed by atoms with Gasteiger partial charge in [-0.25, -0.2) is 0 Å². The van der Waals surface area contributed by atoms with Crippen LogP contribution in [0.1, 0.15) is 52.4 Å². The van der Waals surface area contributed by atoms with Crippen LogP contribution in [0.5, 0.6) is 0 Å². The standard InChI is InChI=1S/C15H30N2O/c1-3-5-15(6-8-16-9-7-15)12-17-13-10-14(11-13)18-4-2/h13-14,16-17H,3-12H2,1-2H3. The molecule has 0 amide bonds. The normalized spacial score (nSPS) is 31.0. The van der Waals surface area contributed by atoms with Crippen molar-refractivity contribution in [1.82, 2.24) is 10.6 Å². The van der Waals surface area contributed by atoms with E-state index in [0.717, 1.165) is 6.61 Å². The van der Waals surface area contributed by atoms with E-state index in [2.05, 4.69) is 24.5 Å². The topological polar surface area (TPSA) is 33.3 Å². The molecule has 0 radical (unpaired) electrons. The van der Waals surface area contributed by atoms with Gasteiger partial charge in [0.05, 0.1) is 6.10 Å². The smallest absolute Gasteiger partial charge is 0.0604 e. The van der Waals surface area contributed by atoms with Gasteiger partial charge in [-0.2, -0.15) is 0 Å². The van der Waals surface area contributed by atoms with Crippen LogP contribution in [0.15, 0.2) is 0 Å². The Hall–Kier alpha value is -0.120. The van der Waals surface area contributed by atoms with Crippen molar-refractivity contribution in [3.05, 3.63) is 0 Å². The van der Waals surface area contributed by atoms with Crippen molar-refractivity contribution in [2.24, 2.45) is 5.41 Å². The molecule has 0 aromatic carbocycles. The summed E-state index contributed by atoms with van der Waals surface area (Å²) < 4.78 is 5.62. The molecule has 0 spiro atoms. The molecule has 18 heavy (non-hydrogen) atoms. The van der Waals surface area contributed by atoms with Crippen molar-refractivity contribution < 1.29 is 4.74 Å². The summed E-state index contributed by atoms with van der Waals surface area (Å²) in [7, 11) is 0. The minimum Gasteiger partial charge on any atom is -0.378 e. The first-order valence-corrected chi connectivity index (χ1v) is 7.84. The second-order valence-electron chi connectivity index (χ2n) is 6.13. The van der Waals surface area contributed by atoms with Crippen molar-refractivity contribution in [3.63, 3.8) is 0 Å². The molecular formula is C15H30N2O. The Morgan fingerprint density at radius 1 is 1.22 bits per heavy atom. The van der Waals surface area contributed by atoms with Gasteiger partial charge in [-0.1, -0.05) is 13.3 Å². The molecule has 1 aliphatic heterocycles. The second kappa shape index (κ2) is 6.88. The predicted octanol–water partition coefficient (Wildman–Crippen LogP) is 2.31. The molecule has 1 saturated heterocycles. The third-order valence-corrected chi connectivity index (χ3v) is 4.71. The van der Waals surface area contributed by atoms with Crippen LogP contribution in [0.4, 0.5) is 0 Å². The fourth-order valence-corrected chi connectivity index (χ4v) is 3.47. The van der Waals surface area contributed by atoms with Crippen LogP contribution in [0.25, 0.3) is 0 Å². The molecule has 2 fully saturated rings. The number of ether oxygens (including phenoxy) is 1. The quantitative estimate of drug-likeness (QED) is 0.731. The van der Waals surface area contributed by atoms with Gasteiger partial charge in [0.15, 0.2) is 0 Å². The van der Waals surface area contributed by atoms with E-state index in [4.69, 9.17) is 4.74 Å². The summed E-state index contributed by atoms with van der Waals surface area (Å²) in [6.07, 6.45) is 8.34. The van der Waals surface area contributed by atoms with Crippen molar-refractivity contribution in [3.8, 4) is 0 Å². The zero-order chi connectivity index (χ0) is 12.8. The highest BCUT2D eigenvalue weighted by Gasteiger charge is 2.34. The molecule has 3 nitrogen and oxygen atoms in total. The Labute approximate surface area is 112 Å². The highest BCUT2D eigenvalue weighted by atomic mass is 16.5. The summed E-state index contributed by atoms with van der Waals surface area (Å²) in [5.41, 5.74) is 0.566. The third-order valence-electron chi connectivity index (χ3n) is 4.71. The first kappa shape index (κ1) is 14.3. The molecule has 2 N–H and O–H groups in total. The van der Waals surface area contributed by atoms with Crippen molar-refractivity contribution >= 4 is 0 Å². The van der Waals surface area contributed by atoms with Crippen LogP contribution >= 0.6 is 0 Å². The minimum atomic E-state index is 0.530. The summed E-state index contributed by atoms with van der Waals surface area (Å²) in [5.74, 6) is 0. The highest BCUT2D eigenvalue weighted by molar-refractivity contribution is 4.91. The van der Waals surface area contributed by atoms with E-state index >= 15 is 0 Å². The Morgan fingerprint density at radius 2 is 1.94 bits per heavy atom. The van der Waals surface area contributed by atoms with Crippen LogP contribution in [0.2, 0.25) is 0 Å². The summed E-state index contributed by atoms with van der Waals surface area (Å²) in [6, 6.07) is 0.713. The molecule has 0 unspecified atom stereocenters. The van der Waals surface area contributed by atoms with E-state index in [9.17, 15) is 0 Å². The van der Waals surface area contributed by atoms with E-state index < -0.39 is 0 Å². The maximum absolute atomic E-state index is 5.62. The van der Waals surface area contributed by atoms with E-state index in [-0.39, 0.29) is 0 Å². The zero-order valence-corrected chi connectivity index (χ0v) is 12.1. The average molecular weight is 254 g/mol. The van der Waals surface area contributed by atoms with Gasteiger partial charge in [0.2, 0.25) is 0 Å². The largest absolute Gasteiger partial charge is 0.378 e. The molecule has 106 valence electrons. The van der Waals surface area contributed by atoms with Gasteiger partial charge < -0.3 is 15.4 Å². The molecular weight excluding hydrogens is 224 g/mol. The Bertz CT molecular complexity index is 227. The first-order chi connectivity index (χ1) is 8.78. The third kappa shape index (κ3) is 3.69. The second-order valence-corrected chi connectivity index (χ2v) is 6.13. The van der Waals surface area contributed by atoms with Gasteiger partial charge >= 0.3 is 0 Å². The van der Waals surface area contributed by atoms with Gasteiger partial charge in [0, 0.05) is 19.2 Å². The fourth-order valence-electron chi connectivity index (χ4n) is 3.47. The van der Waals surface area contributed by atoms with Crippen LogP contribution < -0.4 is 10.6 Å². The van der Waals surface area contributed by atoms with Gasteiger partial charge in [-0.3, -0.25) is 0 Å². The Morgan fingerprint density at radius 3 is 2.56 bits per heavy atom. The fraction of sp³-hybridized carbons (Fsp3) is 1.00. The lowest BCUT2D eigenvalue weighted by Gasteiger charge is -2.42. The number of rotatable bonds is 7. The van der Waals surface area contributed by atoms with E-state index in [1.165, 1.54) is 58.2 Å².